The van der Waals surface area contributed by atoms with Crippen LogP contribution < -0.4 is 4.74 Å². The fraction of sp³-hybridized carbons (Fsp3) is 0.533. The molecule has 1 fully saturated rings. The molecule has 1 aliphatic heterocycles. The van der Waals surface area contributed by atoms with Gasteiger partial charge in [0.05, 0.1) is 39.3 Å². The highest BCUT2D eigenvalue weighted by atomic mass is 16.5. The van der Waals surface area contributed by atoms with Crippen LogP contribution in [0.2, 0.25) is 0 Å². The van der Waals surface area contributed by atoms with Gasteiger partial charge in [0, 0.05) is 5.56 Å². The molecule has 0 unspecified atom stereocenters. The lowest BCUT2D eigenvalue weighted by atomic mass is 9.73. The lowest BCUT2D eigenvalue weighted by molar-refractivity contribution is -0.148. The number of methoxy groups -OCH3 is 2. The summed E-state index contributed by atoms with van der Waals surface area (Å²) in [4.78, 5) is 11.7. The number of carbonyl (C=O) groups is 1. The highest BCUT2D eigenvalue weighted by Gasteiger charge is 2.45. The Morgan fingerprint density at radius 1 is 1.32 bits per heavy atom. The van der Waals surface area contributed by atoms with Crippen molar-refractivity contribution < 1.29 is 19.0 Å². The monoisotopic (exact) mass is 264 g/mol. The second-order valence-electron chi connectivity index (χ2n) is 5.19. The Bertz CT molecular complexity index is 489. The molecule has 0 aliphatic carbocycles. The van der Waals surface area contributed by atoms with E-state index in [-0.39, 0.29) is 11.4 Å². The summed E-state index contributed by atoms with van der Waals surface area (Å²) >= 11 is 0. The fourth-order valence-corrected chi connectivity index (χ4v) is 2.80. The summed E-state index contributed by atoms with van der Waals surface area (Å²) < 4.78 is 15.7. The zero-order valence-electron chi connectivity index (χ0n) is 11.9. The SMILES string of the molecule is COC(=O)CC1(c2c(C)cc(C)cc2OC)COC1. The minimum absolute atomic E-state index is 0.217. The predicted octanol–water partition coefficient (Wildman–Crippen LogP) is 2.14. The van der Waals surface area contributed by atoms with Gasteiger partial charge in [-0.05, 0) is 31.0 Å². The first-order valence-electron chi connectivity index (χ1n) is 6.33. The summed E-state index contributed by atoms with van der Waals surface area (Å²) in [6.07, 6.45) is 0.323. The van der Waals surface area contributed by atoms with Crippen molar-refractivity contribution in [1.82, 2.24) is 0 Å². The largest absolute Gasteiger partial charge is 0.496 e. The molecule has 1 aromatic carbocycles. The van der Waals surface area contributed by atoms with Crippen LogP contribution in [-0.2, 0) is 19.7 Å². The third-order valence-electron chi connectivity index (χ3n) is 3.66. The van der Waals surface area contributed by atoms with Gasteiger partial charge in [0.15, 0.2) is 0 Å². The summed E-state index contributed by atoms with van der Waals surface area (Å²) in [5.41, 5.74) is 3.03. The van der Waals surface area contributed by atoms with Gasteiger partial charge in [-0.3, -0.25) is 4.79 Å². The van der Waals surface area contributed by atoms with Crippen LogP contribution in [-0.4, -0.2) is 33.4 Å². The van der Waals surface area contributed by atoms with Gasteiger partial charge in [-0.1, -0.05) is 6.07 Å². The number of carbonyl (C=O) groups excluding carboxylic acids is 1. The van der Waals surface area contributed by atoms with Gasteiger partial charge in [-0.2, -0.15) is 0 Å². The van der Waals surface area contributed by atoms with Gasteiger partial charge in [0.25, 0.3) is 0 Å². The van der Waals surface area contributed by atoms with Gasteiger partial charge in [-0.25, -0.2) is 0 Å². The van der Waals surface area contributed by atoms with Gasteiger partial charge < -0.3 is 14.2 Å². The maximum atomic E-state index is 11.7. The molecule has 0 amide bonds. The molecule has 2 rings (SSSR count). The van der Waals surface area contributed by atoms with E-state index in [0.29, 0.717) is 19.6 Å². The molecule has 104 valence electrons. The molecule has 0 N–H and O–H groups in total. The minimum atomic E-state index is -0.309. The van der Waals surface area contributed by atoms with Crippen molar-refractivity contribution >= 4 is 5.97 Å². The summed E-state index contributed by atoms with van der Waals surface area (Å²) in [5, 5.41) is 0. The summed E-state index contributed by atoms with van der Waals surface area (Å²) in [6, 6.07) is 4.11. The molecular formula is C15H20O4. The van der Waals surface area contributed by atoms with E-state index in [0.717, 1.165) is 22.4 Å². The Kier molecular flexibility index (Phi) is 3.80. The Morgan fingerprint density at radius 3 is 2.47 bits per heavy atom. The van der Waals surface area contributed by atoms with Crippen LogP contribution in [0.25, 0.3) is 0 Å². The first-order valence-corrected chi connectivity index (χ1v) is 6.33. The number of ether oxygens (including phenoxy) is 3. The van der Waals surface area contributed by atoms with E-state index in [1.807, 2.05) is 19.9 Å². The molecule has 0 saturated carbocycles. The van der Waals surface area contributed by atoms with Crippen molar-refractivity contribution in [1.29, 1.82) is 0 Å². The first kappa shape index (κ1) is 13.9. The maximum absolute atomic E-state index is 11.7. The molecule has 1 saturated heterocycles. The normalized spacial score (nSPS) is 16.6. The molecule has 0 radical (unpaired) electrons. The van der Waals surface area contributed by atoms with Crippen molar-refractivity contribution in [2.75, 3.05) is 27.4 Å². The highest BCUT2D eigenvalue weighted by Crippen LogP contribution is 2.43. The second kappa shape index (κ2) is 5.21. The van der Waals surface area contributed by atoms with Crippen LogP contribution in [0.4, 0.5) is 0 Å². The van der Waals surface area contributed by atoms with Crippen LogP contribution in [0.15, 0.2) is 12.1 Å². The molecule has 0 spiro atoms. The van der Waals surface area contributed by atoms with Crippen LogP contribution >= 0.6 is 0 Å². The smallest absolute Gasteiger partial charge is 0.306 e. The van der Waals surface area contributed by atoms with Crippen LogP contribution in [0.1, 0.15) is 23.1 Å². The summed E-state index contributed by atoms with van der Waals surface area (Å²) in [5.74, 6) is 0.607. The van der Waals surface area contributed by atoms with Gasteiger partial charge in [0.1, 0.15) is 5.75 Å². The van der Waals surface area contributed by atoms with Gasteiger partial charge in [-0.15, -0.1) is 0 Å². The van der Waals surface area contributed by atoms with Crippen LogP contribution in [0.3, 0.4) is 0 Å². The number of hydrogen-bond donors (Lipinski definition) is 0. The summed E-state index contributed by atoms with van der Waals surface area (Å²) in [6.45, 7) is 5.14. The number of rotatable bonds is 4. The number of benzene rings is 1. The number of aryl methyl sites for hydroxylation is 2. The lowest BCUT2D eigenvalue weighted by Crippen LogP contribution is -2.49. The first-order chi connectivity index (χ1) is 9.02. The van der Waals surface area contributed by atoms with E-state index in [2.05, 4.69) is 6.07 Å². The third kappa shape index (κ3) is 2.45. The van der Waals surface area contributed by atoms with Gasteiger partial charge >= 0.3 is 5.97 Å². The molecule has 0 bridgehead atoms. The molecule has 1 heterocycles. The third-order valence-corrected chi connectivity index (χ3v) is 3.66. The van der Waals surface area contributed by atoms with Crippen molar-refractivity contribution in [3.05, 3.63) is 28.8 Å². The van der Waals surface area contributed by atoms with E-state index in [9.17, 15) is 4.79 Å². The van der Waals surface area contributed by atoms with E-state index in [1.54, 1.807) is 7.11 Å². The average Bonchev–Trinajstić information content (AvgIpc) is 2.33. The Hall–Kier alpha value is -1.55. The molecule has 1 aromatic rings. The predicted molar refractivity (Wildman–Crippen MR) is 71.6 cm³/mol. The standard InChI is InChI=1S/C15H20O4/c1-10-5-11(2)14(12(6-10)17-3)15(8-19-9-15)7-13(16)18-4/h5-6H,7-9H2,1-4H3. The molecule has 0 aromatic heterocycles. The Morgan fingerprint density at radius 2 is 2.00 bits per heavy atom. The average molecular weight is 264 g/mol. The topological polar surface area (TPSA) is 44.8 Å². The molecular weight excluding hydrogens is 244 g/mol. The fourth-order valence-electron chi connectivity index (χ4n) is 2.80. The Balaban J connectivity index is 2.46. The molecule has 4 nitrogen and oxygen atoms in total. The van der Waals surface area contributed by atoms with E-state index < -0.39 is 0 Å². The highest BCUT2D eigenvalue weighted by molar-refractivity contribution is 5.72. The van der Waals surface area contributed by atoms with Crippen LogP contribution in [0, 0.1) is 13.8 Å². The molecule has 0 atom stereocenters. The van der Waals surface area contributed by atoms with E-state index in [4.69, 9.17) is 14.2 Å². The van der Waals surface area contributed by atoms with Crippen molar-refractivity contribution in [2.45, 2.75) is 25.7 Å². The van der Waals surface area contributed by atoms with E-state index >= 15 is 0 Å². The molecule has 4 heteroatoms. The number of hydrogen-bond acceptors (Lipinski definition) is 4. The number of esters is 1. The van der Waals surface area contributed by atoms with E-state index in [1.165, 1.54) is 7.11 Å². The van der Waals surface area contributed by atoms with Crippen molar-refractivity contribution in [3.63, 3.8) is 0 Å². The van der Waals surface area contributed by atoms with Gasteiger partial charge in [0.2, 0.25) is 0 Å². The maximum Gasteiger partial charge on any atom is 0.306 e. The summed E-state index contributed by atoms with van der Waals surface area (Å²) in [7, 11) is 3.07. The van der Waals surface area contributed by atoms with Crippen molar-refractivity contribution in [2.24, 2.45) is 0 Å². The molecule has 1 aliphatic rings. The lowest BCUT2D eigenvalue weighted by Gasteiger charge is -2.42. The molecule has 19 heavy (non-hydrogen) atoms. The minimum Gasteiger partial charge on any atom is -0.496 e. The Labute approximate surface area is 113 Å². The van der Waals surface area contributed by atoms with Crippen LogP contribution in [0.5, 0.6) is 5.75 Å². The quantitative estimate of drug-likeness (QED) is 0.782. The zero-order chi connectivity index (χ0) is 14.0. The second-order valence-corrected chi connectivity index (χ2v) is 5.19. The zero-order valence-corrected chi connectivity index (χ0v) is 11.9. The van der Waals surface area contributed by atoms with Crippen molar-refractivity contribution in [3.8, 4) is 5.75 Å².